The van der Waals surface area contributed by atoms with Crippen LogP contribution in [0, 0.1) is 6.92 Å². The summed E-state index contributed by atoms with van der Waals surface area (Å²) in [5, 5.41) is 3.25. The standard InChI is InChI=1S/C14H18N4/c1-3-5-13-17-12(15)9-14(18-13)16-11-7-4-6-10(2)8-11/h4,6-9H,3,5H2,1-2H3,(H3,15,16,17,18). The molecule has 0 atom stereocenters. The van der Waals surface area contributed by atoms with E-state index >= 15 is 0 Å². The minimum Gasteiger partial charge on any atom is -0.384 e. The second kappa shape index (κ2) is 5.49. The first-order chi connectivity index (χ1) is 8.67. The molecule has 0 bridgehead atoms. The number of aryl methyl sites for hydroxylation is 2. The molecule has 18 heavy (non-hydrogen) atoms. The highest BCUT2D eigenvalue weighted by molar-refractivity contribution is 5.59. The van der Waals surface area contributed by atoms with E-state index in [9.17, 15) is 0 Å². The zero-order valence-electron chi connectivity index (χ0n) is 10.8. The van der Waals surface area contributed by atoms with Crippen molar-refractivity contribution >= 4 is 17.3 Å². The molecule has 0 saturated carbocycles. The van der Waals surface area contributed by atoms with Crippen LogP contribution < -0.4 is 11.1 Å². The topological polar surface area (TPSA) is 63.8 Å². The Labute approximate surface area is 107 Å². The Morgan fingerprint density at radius 3 is 2.78 bits per heavy atom. The maximum absolute atomic E-state index is 5.78. The summed E-state index contributed by atoms with van der Waals surface area (Å²) in [4.78, 5) is 8.66. The highest BCUT2D eigenvalue weighted by Crippen LogP contribution is 2.17. The molecule has 4 heteroatoms. The normalized spacial score (nSPS) is 10.3. The van der Waals surface area contributed by atoms with Crippen LogP contribution in [0.1, 0.15) is 24.7 Å². The molecule has 0 amide bonds. The van der Waals surface area contributed by atoms with Gasteiger partial charge in [0, 0.05) is 18.2 Å². The van der Waals surface area contributed by atoms with E-state index in [0.29, 0.717) is 5.82 Å². The minimum absolute atomic E-state index is 0.503. The number of hydrogen-bond donors (Lipinski definition) is 2. The third kappa shape index (κ3) is 3.20. The average Bonchev–Trinajstić information content (AvgIpc) is 2.28. The zero-order chi connectivity index (χ0) is 13.0. The first-order valence-electron chi connectivity index (χ1n) is 6.14. The van der Waals surface area contributed by atoms with Gasteiger partial charge in [0.25, 0.3) is 0 Å². The van der Waals surface area contributed by atoms with Gasteiger partial charge in [-0.15, -0.1) is 0 Å². The molecular formula is C14H18N4. The third-order valence-corrected chi connectivity index (χ3v) is 2.56. The van der Waals surface area contributed by atoms with Crippen LogP contribution in [0.3, 0.4) is 0 Å². The van der Waals surface area contributed by atoms with Crippen LogP contribution in [0.4, 0.5) is 17.3 Å². The molecular weight excluding hydrogens is 224 g/mol. The lowest BCUT2D eigenvalue weighted by Gasteiger charge is -2.08. The predicted molar refractivity (Wildman–Crippen MR) is 74.9 cm³/mol. The van der Waals surface area contributed by atoms with Gasteiger partial charge < -0.3 is 11.1 Å². The number of nitrogen functional groups attached to an aromatic ring is 1. The summed E-state index contributed by atoms with van der Waals surface area (Å²) in [6.45, 7) is 4.15. The number of nitrogens with two attached hydrogens (primary N) is 1. The summed E-state index contributed by atoms with van der Waals surface area (Å²) < 4.78 is 0. The van der Waals surface area contributed by atoms with Gasteiger partial charge in [-0.3, -0.25) is 0 Å². The van der Waals surface area contributed by atoms with Gasteiger partial charge in [0.15, 0.2) is 0 Å². The lowest BCUT2D eigenvalue weighted by molar-refractivity contribution is 0.839. The summed E-state index contributed by atoms with van der Waals surface area (Å²) in [6, 6.07) is 9.89. The molecule has 0 aliphatic carbocycles. The first-order valence-corrected chi connectivity index (χ1v) is 6.14. The van der Waals surface area contributed by atoms with Gasteiger partial charge in [0.05, 0.1) is 0 Å². The molecule has 2 aromatic rings. The summed E-state index contributed by atoms with van der Waals surface area (Å²) in [7, 11) is 0. The highest BCUT2D eigenvalue weighted by atomic mass is 15.0. The Kier molecular flexibility index (Phi) is 3.77. The molecule has 1 aromatic carbocycles. The van der Waals surface area contributed by atoms with Crippen LogP contribution in [0.25, 0.3) is 0 Å². The van der Waals surface area contributed by atoms with Crippen molar-refractivity contribution in [3.8, 4) is 0 Å². The molecule has 0 spiro atoms. The molecule has 2 rings (SSSR count). The van der Waals surface area contributed by atoms with Gasteiger partial charge >= 0.3 is 0 Å². The summed E-state index contributed by atoms with van der Waals surface area (Å²) in [5.41, 5.74) is 8.00. The molecule has 0 saturated heterocycles. The van der Waals surface area contributed by atoms with Gasteiger partial charge in [-0.05, 0) is 31.0 Å². The van der Waals surface area contributed by atoms with Gasteiger partial charge in [0.2, 0.25) is 0 Å². The molecule has 1 heterocycles. The van der Waals surface area contributed by atoms with Crippen LogP contribution in [0.5, 0.6) is 0 Å². The second-order valence-corrected chi connectivity index (χ2v) is 4.34. The summed E-state index contributed by atoms with van der Waals surface area (Å²) in [6.07, 6.45) is 1.85. The smallest absolute Gasteiger partial charge is 0.136 e. The number of hydrogen-bond acceptors (Lipinski definition) is 4. The molecule has 94 valence electrons. The Hall–Kier alpha value is -2.10. The van der Waals surface area contributed by atoms with Crippen molar-refractivity contribution in [1.82, 2.24) is 9.97 Å². The third-order valence-electron chi connectivity index (χ3n) is 2.56. The molecule has 0 fully saturated rings. The van der Waals surface area contributed by atoms with E-state index in [4.69, 9.17) is 5.73 Å². The van der Waals surface area contributed by atoms with Crippen molar-refractivity contribution < 1.29 is 0 Å². The maximum atomic E-state index is 5.78. The van der Waals surface area contributed by atoms with Gasteiger partial charge in [-0.1, -0.05) is 19.1 Å². The van der Waals surface area contributed by atoms with Crippen LogP contribution in [0.15, 0.2) is 30.3 Å². The molecule has 0 unspecified atom stereocenters. The molecule has 4 nitrogen and oxygen atoms in total. The van der Waals surface area contributed by atoms with E-state index < -0.39 is 0 Å². The lowest BCUT2D eigenvalue weighted by Crippen LogP contribution is -2.03. The van der Waals surface area contributed by atoms with Gasteiger partial charge in [-0.25, -0.2) is 9.97 Å². The number of nitrogens with zero attached hydrogens (tertiary/aromatic N) is 2. The van der Waals surface area contributed by atoms with E-state index in [1.165, 1.54) is 5.56 Å². The van der Waals surface area contributed by atoms with E-state index in [2.05, 4.69) is 41.3 Å². The molecule has 1 aromatic heterocycles. The average molecular weight is 242 g/mol. The minimum atomic E-state index is 0.503. The SMILES string of the molecule is CCCc1nc(N)cc(Nc2cccc(C)c2)n1. The number of benzene rings is 1. The lowest BCUT2D eigenvalue weighted by atomic mass is 10.2. The molecule has 3 N–H and O–H groups in total. The predicted octanol–water partition coefficient (Wildman–Crippen LogP) is 3.06. The van der Waals surface area contributed by atoms with Crippen molar-refractivity contribution in [3.63, 3.8) is 0 Å². The molecule has 0 aliphatic heterocycles. The van der Waals surface area contributed by atoms with Crippen LogP contribution >= 0.6 is 0 Å². The van der Waals surface area contributed by atoms with Crippen LogP contribution in [0.2, 0.25) is 0 Å². The van der Waals surface area contributed by atoms with Gasteiger partial charge in [0.1, 0.15) is 17.5 Å². The maximum Gasteiger partial charge on any atom is 0.136 e. The van der Waals surface area contributed by atoms with Crippen LogP contribution in [-0.4, -0.2) is 9.97 Å². The molecule has 0 aliphatic rings. The Bertz CT molecular complexity index is 537. The van der Waals surface area contributed by atoms with E-state index in [0.717, 1.165) is 30.2 Å². The van der Waals surface area contributed by atoms with E-state index in [-0.39, 0.29) is 0 Å². The Balaban J connectivity index is 2.23. The van der Waals surface area contributed by atoms with Crippen molar-refractivity contribution in [2.24, 2.45) is 0 Å². The second-order valence-electron chi connectivity index (χ2n) is 4.34. The van der Waals surface area contributed by atoms with Crippen LogP contribution in [-0.2, 0) is 6.42 Å². The fraction of sp³-hybridized carbons (Fsp3) is 0.286. The largest absolute Gasteiger partial charge is 0.384 e. The zero-order valence-corrected chi connectivity index (χ0v) is 10.8. The van der Waals surface area contributed by atoms with Crippen molar-refractivity contribution in [1.29, 1.82) is 0 Å². The quantitative estimate of drug-likeness (QED) is 0.864. The van der Waals surface area contributed by atoms with Crippen molar-refractivity contribution in [3.05, 3.63) is 41.7 Å². The monoisotopic (exact) mass is 242 g/mol. The van der Waals surface area contributed by atoms with E-state index in [1.54, 1.807) is 6.07 Å². The fourth-order valence-corrected chi connectivity index (χ4v) is 1.79. The molecule has 0 radical (unpaired) electrons. The Morgan fingerprint density at radius 1 is 1.22 bits per heavy atom. The fourth-order valence-electron chi connectivity index (χ4n) is 1.79. The number of nitrogens with one attached hydrogen (secondary N) is 1. The van der Waals surface area contributed by atoms with E-state index in [1.807, 2.05) is 12.1 Å². The number of anilines is 3. The summed E-state index contributed by atoms with van der Waals surface area (Å²) in [5.74, 6) is 2.04. The van der Waals surface area contributed by atoms with Crippen molar-refractivity contribution in [2.45, 2.75) is 26.7 Å². The van der Waals surface area contributed by atoms with Crippen molar-refractivity contribution in [2.75, 3.05) is 11.1 Å². The van der Waals surface area contributed by atoms with Gasteiger partial charge in [-0.2, -0.15) is 0 Å². The highest BCUT2D eigenvalue weighted by Gasteiger charge is 2.02. The first kappa shape index (κ1) is 12.4. The Morgan fingerprint density at radius 2 is 2.06 bits per heavy atom. The summed E-state index contributed by atoms with van der Waals surface area (Å²) >= 11 is 0. The number of rotatable bonds is 4. The number of aromatic nitrogens is 2.